The average Bonchev–Trinajstić information content (AvgIpc) is 2.80. The molecule has 0 aliphatic heterocycles. The first kappa shape index (κ1) is 17.2. The summed E-state index contributed by atoms with van der Waals surface area (Å²) in [7, 11) is 2.14. The minimum absolute atomic E-state index is 0.0419. The van der Waals surface area contributed by atoms with Gasteiger partial charge in [0.05, 0.1) is 5.69 Å². The van der Waals surface area contributed by atoms with Crippen LogP contribution in [0.5, 0.6) is 0 Å². The number of amides is 1. The molecule has 2 aromatic rings. The third kappa shape index (κ3) is 5.21. The minimum atomic E-state index is -0.0419. The van der Waals surface area contributed by atoms with Crippen LogP contribution >= 0.6 is 0 Å². The van der Waals surface area contributed by atoms with E-state index >= 15 is 0 Å². The Kier molecular flexibility index (Phi) is 5.93. The molecule has 0 aliphatic rings. The van der Waals surface area contributed by atoms with Crippen molar-refractivity contribution in [1.82, 2.24) is 15.1 Å². The van der Waals surface area contributed by atoms with E-state index in [0.29, 0.717) is 0 Å². The summed E-state index contributed by atoms with van der Waals surface area (Å²) in [6.45, 7) is 7.60. The smallest absolute Gasteiger partial charge is 0.221 e. The molecule has 5 nitrogen and oxygen atoms in total. The first-order valence-corrected chi connectivity index (χ1v) is 8.01. The van der Waals surface area contributed by atoms with Gasteiger partial charge >= 0.3 is 0 Å². The highest BCUT2D eigenvalue weighted by Crippen LogP contribution is 2.14. The molecule has 0 saturated carbocycles. The normalized spacial score (nSPS) is 11.0. The van der Waals surface area contributed by atoms with Crippen molar-refractivity contribution < 1.29 is 4.79 Å². The molecule has 0 radical (unpaired) electrons. The second-order valence-electron chi connectivity index (χ2n) is 6.13. The standard InChI is InChI=1S/C18H26N4O/c1-13-18(14(2)21-20-13)6-5-11-22(4)12-16-7-9-17(10-8-16)19-15(3)23/h7-10H,5-6,11-12H2,1-4H3,(H,19,23)(H,20,21). The first-order valence-electron chi connectivity index (χ1n) is 8.01. The van der Waals surface area contributed by atoms with E-state index in [1.54, 1.807) is 0 Å². The van der Waals surface area contributed by atoms with E-state index in [0.717, 1.165) is 37.3 Å². The van der Waals surface area contributed by atoms with Crippen molar-refractivity contribution in [2.75, 3.05) is 18.9 Å². The van der Waals surface area contributed by atoms with Crippen molar-refractivity contribution >= 4 is 11.6 Å². The van der Waals surface area contributed by atoms with E-state index in [-0.39, 0.29) is 5.91 Å². The topological polar surface area (TPSA) is 61.0 Å². The summed E-state index contributed by atoms with van der Waals surface area (Å²) in [5.41, 5.74) is 5.72. The Morgan fingerprint density at radius 1 is 1.26 bits per heavy atom. The van der Waals surface area contributed by atoms with Gasteiger partial charge in [-0.05, 0) is 63.5 Å². The summed E-state index contributed by atoms with van der Waals surface area (Å²) in [5.74, 6) is -0.0419. The molecule has 0 aliphatic carbocycles. The Balaban J connectivity index is 1.78. The number of aromatic nitrogens is 2. The van der Waals surface area contributed by atoms with Crippen molar-refractivity contribution in [1.29, 1.82) is 0 Å². The van der Waals surface area contributed by atoms with E-state index < -0.39 is 0 Å². The molecular formula is C18H26N4O. The molecule has 0 saturated heterocycles. The Morgan fingerprint density at radius 2 is 1.96 bits per heavy atom. The molecule has 2 N–H and O–H groups in total. The van der Waals surface area contributed by atoms with Crippen LogP contribution in [0.2, 0.25) is 0 Å². The van der Waals surface area contributed by atoms with Gasteiger partial charge in [0.25, 0.3) is 0 Å². The van der Waals surface area contributed by atoms with Crippen LogP contribution in [0, 0.1) is 13.8 Å². The van der Waals surface area contributed by atoms with Crippen LogP contribution in [0.1, 0.15) is 35.9 Å². The number of nitrogens with zero attached hydrogens (tertiary/aromatic N) is 2. The van der Waals surface area contributed by atoms with Crippen molar-refractivity contribution in [2.24, 2.45) is 0 Å². The van der Waals surface area contributed by atoms with E-state index in [9.17, 15) is 4.79 Å². The molecule has 124 valence electrons. The number of H-pyrrole nitrogens is 1. The quantitative estimate of drug-likeness (QED) is 0.826. The number of hydrogen-bond donors (Lipinski definition) is 2. The second-order valence-corrected chi connectivity index (χ2v) is 6.13. The fraction of sp³-hybridized carbons (Fsp3) is 0.444. The highest BCUT2D eigenvalue weighted by Gasteiger charge is 2.07. The highest BCUT2D eigenvalue weighted by atomic mass is 16.1. The van der Waals surface area contributed by atoms with Crippen molar-refractivity contribution in [3.05, 3.63) is 46.8 Å². The first-order chi connectivity index (χ1) is 11.0. The molecule has 1 aromatic heterocycles. The SMILES string of the molecule is CC(=O)Nc1ccc(CN(C)CCCc2c(C)n[nH]c2C)cc1. The second kappa shape index (κ2) is 7.92. The predicted molar refractivity (Wildman–Crippen MR) is 93.5 cm³/mol. The zero-order valence-electron chi connectivity index (χ0n) is 14.4. The van der Waals surface area contributed by atoms with Crippen LogP contribution in [0.25, 0.3) is 0 Å². The number of carbonyl (C=O) groups is 1. The molecule has 1 heterocycles. The molecule has 1 amide bonds. The summed E-state index contributed by atoms with van der Waals surface area (Å²) in [6.07, 6.45) is 2.17. The average molecular weight is 314 g/mol. The minimum Gasteiger partial charge on any atom is -0.326 e. The fourth-order valence-corrected chi connectivity index (χ4v) is 2.76. The largest absolute Gasteiger partial charge is 0.326 e. The fourth-order valence-electron chi connectivity index (χ4n) is 2.76. The zero-order valence-corrected chi connectivity index (χ0v) is 14.4. The van der Waals surface area contributed by atoms with Gasteiger partial charge in [0.1, 0.15) is 0 Å². The van der Waals surface area contributed by atoms with Gasteiger partial charge in [-0.25, -0.2) is 0 Å². The Morgan fingerprint density at radius 3 is 2.52 bits per heavy atom. The summed E-state index contributed by atoms with van der Waals surface area (Å²) in [4.78, 5) is 13.3. The molecule has 5 heteroatoms. The molecule has 0 bridgehead atoms. The number of nitrogens with one attached hydrogen (secondary N) is 2. The zero-order chi connectivity index (χ0) is 16.8. The lowest BCUT2D eigenvalue weighted by molar-refractivity contribution is -0.114. The van der Waals surface area contributed by atoms with Gasteiger partial charge in [-0.2, -0.15) is 5.10 Å². The monoisotopic (exact) mass is 314 g/mol. The van der Waals surface area contributed by atoms with E-state index in [2.05, 4.69) is 53.4 Å². The lowest BCUT2D eigenvalue weighted by Gasteiger charge is -2.17. The highest BCUT2D eigenvalue weighted by molar-refractivity contribution is 5.88. The van der Waals surface area contributed by atoms with Gasteiger partial charge in [-0.15, -0.1) is 0 Å². The summed E-state index contributed by atoms with van der Waals surface area (Å²) < 4.78 is 0. The summed E-state index contributed by atoms with van der Waals surface area (Å²) in [6, 6.07) is 8.02. The lowest BCUT2D eigenvalue weighted by atomic mass is 10.1. The van der Waals surface area contributed by atoms with Crippen molar-refractivity contribution in [2.45, 2.75) is 40.2 Å². The van der Waals surface area contributed by atoms with Gasteiger partial charge < -0.3 is 10.2 Å². The lowest BCUT2D eigenvalue weighted by Crippen LogP contribution is -2.19. The third-order valence-electron chi connectivity index (χ3n) is 3.97. The van der Waals surface area contributed by atoms with E-state index in [1.165, 1.54) is 23.7 Å². The number of carbonyl (C=O) groups excluding carboxylic acids is 1. The van der Waals surface area contributed by atoms with Crippen molar-refractivity contribution in [3.8, 4) is 0 Å². The van der Waals surface area contributed by atoms with Gasteiger partial charge in [-0.3, -0.25) is 9.89 Å². The number of aryl methyl sites for hydroxylation is 2. The molecule has 0 spiro atoms. The van der Waals surface area contributed by atoms with E-state index in [4.69, 9.17) is 0 Å². The molecule has 23 heavy (non-hydrogen) atoms. The van der Waals surface area contributed by atoms with Crippen LogP contribution < -0.4 is 5.32 Å². The van der Waals surface area contributed by atoms with Crippen LogP contribution in [0.3, 0.4) is 0 Å². The molecular weight excluding hydrogens is 288 g/mol. The number of aromatic amines is 1. The molecule has 0 unspecified atom stereocenters. The van der Waals surface area contributed by atoms with Crippen LogP contribution in [-0.2, 0) is 17.8 Å². The summed E-state index contributed by atoms with van der Waals surface area (Å²) >= 11 is 0. The van der Waals surface area contributed by atoms with Gasteiger partial charge in [0, 0.05) is 24.8 Å². The van der Waals surface area contributed by atoms with Gasteiger partial charge in [0.2, 0.25) is 5.91 Å². The van der Waals surface area contributed by atoms with Gasteiger partial charge in [0.15, 0.2) is 0 Å². The summed E-state index contributed by atoms with van der Waals surface area (Å²) in [5, 5.41) is 10.1. The Hall–Kier alpha value is -2.14. The molecule has 1 aromatic carbocycles. The molecule has 0 atom stereocenters. The Labute approximate surface area is 138 Å². The van der Waals surface area contributed by atoms with Crippen LogP contribution in [-0.4, -0.2) is 34.6 Å². The third-order valence-corrected chi connectivity index (χ3v) is 3.97. The number of benzene rings is 1. The maximum Gasteiger partial charge on any atom is 0.221 e. The van der Waals surface area contributed by atoms with Crippen LogP contribution in [0.4, 0.5) is 5.69 Å². The van der Waals surface area contributed by atoms with Gasteiger partial charge in [-0.1, -0.05) is 12.1 Å². The Bertz CT molecular complexity index is 626. The van der Waals surface area contributed by atoms with Crippen molar-refractivity contribution in [3.63, 3.8) is 0 Å². The van der Waals surface area contributed by atoms with E-state index in [1.807, 2.05) is 12.1 Å². The van der Waals surface area contributed by atoms with Crippen LogP contribution in [0.15, 0.2) is 24.3 Å². The predicted octanol–water partition coefficient (Wildman–Crippen LogP) is 3.05. The maximum absolute atomic E-state index is 11.0. The maximum atomic E-state index is 11.0. The number of anilines is 1. The number of rotatable bonds is 7. The molecule has 0 fully saturated rings. The molecule has 2 rings (SSSR count). The number of hydrogen-bond acceptors (Lipinski definition) is 3.